The molecule has 0 amide bonds. The number of hydrogen-bond donors (Lipinski definition) is 0. The van der Waals surface area contributed by atoms with Crippen LogP contribution >= 0.6 is 0 Å². The molecule has 444 valence electrons. The highest BCUT2D eigenvalue weighted by Gasteiger charge is 2.19. The van der Waals surface area contributed by atoms with E-state index in [0.717, 1.165) is 109 Å². The van der Waals surface area contributed by atoms with Crippen LogP contribution in [-0.2, 0) is 28.6 Å². The maximum absolute atomic E-state index is 12.9. The van der Waals surface area contributed by atoms with Crippen molar-refractivity contribution in [3.8, 4) is 0 Å². The summed E-state index contributed by atoms with van der Waals surface area (Å²) >= 11 is 0. The van der Waals surface area contributed by atoms with Crippen molar-refractivity contribution in [2.45, 2.75) is 335 Å². The molecule has 0 fully saturated rings. The van der Waals surface area contributed by atoms with E-state index in [2.05, 4.69) is 106 Å². The van der Waals surface area contributed by atoms with Crippen molar-refractivity contribution in [1.82, 2.24) is 0 Å². The van der Waals surface area contributed by atoms with Crippen LogP contribution < -0.4 is 0 Å². The van der Waals surface area contributed by atoms with Crippen molar-refractivity contribution in [2.75, 3.05) is 13.2 Å². The average molecular weight is 1070 g/mol. The number of hydrogen-bond acceptors (Lipinski definition) is 6. The minimum Gasteiger partial charge on any atom is -0.462 e. The van der Waals surface area contributed by atoms with E-state index in [1.807, 2.05) is 0 Å². The van der Waals surface area contributed by atoms with Crippen molar-refractivity contribution >= 4 is 17.9 Å². The van der Waals surface area contributed by atoms with Gasteiger partial charge in [-0.2, -0.15) is 0 Å². The third-order valence-electron chi connectivity index (χ3n) is 14.4. The molecule has 0 saturated carbocycles. The van der Waals surface area contributed by atoms with Crippen LogP contribution in [0.1, 0.15) is 329 Å². The lowest BCUT2D eigenvalue weighted by Crippen LogP contribution is -2.30. The molecule has 1 atom stereocenters. The molecule has 1 unspecified atom stereocenters. The lowest BCUT2D eigenvalue weighted by Gasteiger charge is -2.18. The minimum absolute atomic E-state index is 0.0748. The molecule has 6 nitrogen and oxygen atoms in total. The highest BCUT2D eigenvalue weighted by atomic mass is 16.6. The van der Waals surface area contributed by atoms with Gasteiger partial charge >= 0.3 is 17.9 Å². The van der Waals surface area contributed by atoms with Gasteiger partial charge in [-0.05, 0) is 89.9 Å². The van der Waals surface area contributed by atoms with E-state index in [1.165, 1.54) is 180 Å². The third-order valence-corrected chi connectivity index (χ3v) is 14.4. The smallest absolute Gasteiger partial charge is 0.306 e. The van der Waals surface area contributed by atoms with Gasteiger partial charge in [0, 0.05) is 19.3 Å². The monoisotopic (exact) mass is 1070 g/mol. The summed E-state index contributed by atoms with van der Waals surface area (Å²) in [4.78, 5) is 38.2. The molecule has 0 spiro atoms. The van der Waals surface area contributed by atoms with E-state index < -0.39 is 6.10 Å². The zero-order valence-corrected chi connectivity index (χ0v) is 51.0. The van der Waals surface area contributed by atoms with E-state index in [0.29, 0.717) is 19.3 Å². The molecule has 0 rings (SSSR count). The summed E-state index contributed by atoms with van der Waals surface area (Å²) in [6.07, 6.45) is 86.1. The van der Waals surface area contributed by atoms with Crippen LogP contribution in [0.15, 0.2) is 85.1 Å². The Kier molecular flexibility index (Phi) is 62.2. The second-order valence-corrected chi connectivity index (χ2v) is 22.0. The van der Waals surface area contributed by atoms with Gasteiger partial charge in [0.25, 0.3) is 0 Å². The third kappa shape index (κ3) is 63.3. The van der Waals surface area contributed by atoms with Gasteiger partial charge in [0.15, 0.2) is 6.10 Å². The number of ether oxygens (including phenoxy) is 3. The Hall–Kier alpha value is -3.41. The molecular weight excluding hydrogens is 949 g/mol. The minimum atomic E-state index is -0.776. The second kappa shape index (κ2) is 65.1. The van der Waals surface area contributed by atoms with Crippen LogP contribution in [0.4, 0.5) is 0 Å². The number of carbonyl (C=O) groups is 3. The molecular formula is C71H124O6. The molecule has 0 aliphatic rings. The Bertz CT molecular complexity index is 1470. The molecule has 0 aromatic carbocycles. The van der Waals surface area contributed by atoms with E-state index >= 15 is 0 Å². The van der Waals surface area contributed by atoms with Gasteiger partial charge in [-0.15, -0.1) is 0 Å². The summed E-state index contributed by atoms with van der Waals surface area (Å²) < 4.78 is 16.9. The Balaban J connectivity index is 4.11. The predicted molar refractivity (Wildman–Crippen MR) is 334 cm³/mol. The van der Waals surface area contributed by atoms with Crippen molar-refractivity contribution in [3.05, 3.63) is 85.1 Å². The predicted octanol–water partition coefficient (Wildman–Crippen LogP) is 22.7. The van der Waals surface area contributed by atoms with Gasteiger partial charge in [-0.1, -0.05) is 305 Å². The fraction of sp³-hybridized carbons (Fsp3) is 0.761. The number of esters is 3. The number of allylic oxidation sites excluding steroid dienone is 14. The molecule has 0 saturated heterocycles. The zero-order valence-electron chi connectivity index (χ0n) is 51.0. The molecule has 0 N–H and O–H groups in total. The Morgan fingerprint density at radius 3 is 0.857 bits per heavy atom. The molecule has 77 heavy (non-hydrogen) atoms. The maximum atomic E-state index is 12.9. The molecule has 0 bridgehead atoms. The quantitative estimate of drug-likeness (QED) is 0.0261. The Labute approximate surface area is 477 Å². The SMILES string of the molecule is CC/C=C\C/C=C\C/C=C\C/C=C\C/C=C\C/C=C\CCCCCCCCCCCCCCCCC(=O)OCC(COC(=O)CCCCCCC/C=C\CCC)OC(=O)CCCCCCCCCCCCCCCCCC. The zero-order chi connectivity index (χ0) is 55.7. The second-order valence-electron chi connectivity index (χ2n) is 22.0. The topological polar surface area (TPSA) is 78.9 Å². The van der Waals surface area contributed by atoms with Crippen LogP contribution in [0.3, 0.4) is 0 Å². The highest BCUT2D eigenvalue weighted by Crippen LogP contribution is 2.17. The fourth-order valence-electron chi connectivity index (χ4n) is 9.45. The van der Waals surface area contributed by atoms with Crippen LogP contribution in [0.2, 0.25) is 0 Å². The molecule has 6 heteroatoms. The van der Waals surface area contributed by atoms with E-state index in [9.17, 15) is 14.4 Å². The van der Waals surface area contributed by atoms with E-state index in [1.54, 1.807) is 0 Å². The van der Waals surface area contributed by atoms with Crippen molar-refractivity contribution < 1.29 is 28.6 Å². The Morgan fingerprint density at radius 2 is 0.532 bits per heavy atom. The summed E-state index contributed by atoms with van der Waals surface area (Å²) in [5.74, 6) is -0.871. The van der Waals surface area contributed by atoms with Gasteiger partial charge in [-0.3, -0.25) is 14.4 Å². The molecule has 0 heterocycles. The van der Waals surface area contributed by atoms with Crippen LogP contribution in [-0.4, -0.2) is 37.2 Å². The summed E-state index contributed by atoms with van der Waals surface area (Å²) in [6.45, 7) is 6.49. The first-order valence-electron chi connectivity index (χ1n) is 33.1. The first-order valence-corrected chi connectivity index (χ1v) is 33.1. The summed E-state index contributed by atoms with van der Waals surface area (Å²) in [5.41, 5.74) is 0. The van der Waals surface area contributed by atoms with E-state index in [-0.39, 0.29) is 31.1 Å². The molecule has 0 radical (unpaired) electrons. The van der Waals surface area contributed by atoms with Crippen molar-refractivity contribution in [1.29, 1.82) is 0 Å². The highest BCUT2D eigenvalue weighted by molar-refractivity contribution is 5.71. The van der Waals surface area contributed by atoms with Gasteiger partial charge in [0.05, 0.1) is 0 Å². The lowest BCUT2D eigenvalue weighted by atomic mass is 10.0. The van der Waals surface area contributed by atoms with Crippen LogP contribution in [0, 0.1) is 0 Å². The standard InChI is InChI=1S/C71H124O6/c1-4-7-10-13-16-19-22-24-26-28-29-30-31-32-33-34-35-36-37-38-39-40-41-42-43-44-46-47-49-52-55-58-61-64-70(73)76-67-68(66-75-69(72)63-60-57-54-51-21-18-15-12-9-6-3)77-71(74)65-62-59-56-53-50-48-45-27-25-23-20-17-14-11-8-5-2/h7,10,12,15-16,19,24,26,29-30,32-33,35-36,68H,4-6,8-9,11,13-14,17-18,20-23,25,27-28,31,34,37-67H2,1-3H3/b10-7-,15-12-,19-16-,26-24-,30-29-,33-32-,36-35-. The average Bonchev–Trinajstić information content (AvgIpc) is 3.43. The maximum Gasteiger partial charge on any atom is 0.306 e. The fourth-order valence-corrected chi connectivity index (χ4v) is 9.45. The number of unbranched alkanes of at least 4 members (excludes halogenated alkanes) is 35. The van der Waals surface area contributed by atoms with Crippen LogP contribution in [0.5, 0.6) is 0 Å². The summed E-state index contributed by atoms with van der Waals surface area (Å²) in [7, 11) is 0. The summed E-state index contributed by atoms with van der Waals surface area (Å²) in [6, 6.07) is 0. The van der Waals surface area contributed by atoms with E-state index in [4.69, 9.17) is 14.2 Å². The number of rotatable bonds is 60. The van der Waals surface area contributed by atoms with Gasteiger partial charge in [-0.25, -0.2) is 0 Å². The first kappa shape index (κ1) is 73.6. The summed E-state index contributed by atoms with van der Waals surface area (Å²) in [5, 5.41) is 0. The normalized spacial score (nSPS) is 12.6. The van der Waals surface area contributed by atoms with Crippen molar-refractivity contribution in [2.24, 2.45) is 0 Å². The van der Waals surface area contributed by atoms with Gasteiger partial charge < -0.3 is 14.2 Å². The van der Waals surface area contributed by atoms with Gasteiger partial charge in [0.2, 0.25) is 0 Å². The molecule has 0 aliphatic heterocycles. The molecule has 0 aromatic heterocycles. The van der Waals surface area contributed by atoms with Crippen LogP contribution in [0.25, 0.3) is 0 Å². The van der Waals surface area contributed by atoms with Gasteiger partial charge in [0.1, 0.15) is 13.2 Å². The largest absolute Gasteiger partial charge is 0.462 e. The number of carbonyl (C=O) groups excluding carboxylic acids is 3. The van der Waals surface area contributed by atoms with Crippen molar-refractivity contribution in [3.63, 3.8) is 0 Å². The Morgan fingerprint density at radius 1 is 0.273 bits per heavy atom. The molecule has 0 aromatic rings. The molecule has 0 aliphatic carbocycles. The first-order chi connectivity index (χ1) is 38.0. The lowest BCUT2D eigenvalue weighted by molar-refractivity contribution is -0.167.